The molecular weight excluding hydrogens is 210 g/mol. The summed E-state index contributed by atoms with van der Waals surface area (Å²) in [6.45, 7) is 10.1. The van der Waals surface area contributed by atoms with Gasteiger partial charge in [-0.25, -0.2) is 0 Å². The minimum Gasteiger partial charge on any atom is -0.342 e. The van der Waals surface area contributed by atoms with E-state index in [0.29, 0.717) is 12.3 Å². The van der Waals surface area contributed by atoms with Gasteiger partial charge in [0.1, 0.15) is 0 Å². The Bertz CT molecular complexity index is 234. The molecule has 0 aromatic carbocycles. The van der Waals surface area contributed by atoms with Crippen LogP contribution < -0.4 is 0 Å². The highest BCUT2D eigenvalue weighted by Crippen LogP contribution is 2.25. The number of hydrogen-bond donors (Lipinski definition) is 0. The molecule has 0 aromatic rings. The van der Waals surface area contributed by atoms with Gasteiger partial charge in [0.25, 0.3) is 0 Å². The fourth-order valence-corrected chi connectivity index (χ4v) is 2.09. The van der Waals surface area contributed by atoms with Crippen LogP contribution in [0, 0.1) is 11.3 Å². The molecule has 0 radical (unpaired) electrons. The van der Waals surface area contributed by atoms with Crippen molar-refractivity contribution in [3.8, 4) is 0 Å². The van der Waals surface area contributed by atoms with Crippen LogP contribution in [-0.4, -0.2) is 29.3 Å². The molecular formula is C12H22ClNO. The number of piperidine rings is 1. The van der Waals surface area contributed by atoms with E-state index in [1.807, 2.05) is 4.90 Å². The van der Waals surface area contributed by atoms with Crippen LogP contribution in [0.25, 0.3) is 0 Å². The van der Waals surface area contributed by atoms with Crippen LogP contribution in [0.5, 0.6) is 0 Å². The maximum atomic E-state index is 11.9. The molecule has 1 aliphatic heterocycles. The third-order valence-electron chi connectivity index (χ3n) is 2.83. The fourth-order valence-electron chi connectivity index (χ4n) is 1.91. The predicted octanol–water partition coefficient (Wildman–Crippen LogP) is 2.90. The number of amides is 1. The lowest BCUT2D eigenvalue weighted by Crippen LogP contribution is -2.44. The molecule has 1 aliphatic rings. The van der Waals surface area contributed by atoms with Crippen molar-refractivity contribution in [1.29, 1.82) is 0 Å². The summed E-state index contributed by atoms with van der Waals surface area (Å²) >= 11 is 6.13. The van der Waals surface area contributed by atoms with E-state index in [-0.39, 0.29) is 16.7 Å². The summed E-state index contributed by atoms with van der Waals surface area (Å²) in [6, 6.07) is 0. The van der Waals surface area contributed by atoms with Crippen LogP contribution in [-0.2, 0) is 4.79 Å². The van der Waals surface area contributed by atoms with Crippen LogP contribution in [0.3, 0.4) is 0 Å². The average molecular weight is 232 g/mol. The molecule has 2 atom stereocenters. The van der Waals surface area contributed by atoms with Gasteiger partial charge in [-0.15, -0.1) is 11.6 Å². The van der Waals surface area contributed by atoms with Gasteiger partial charge in [0.2, 0.25) is 5.91 Å². The smallest absolute Gasteiger partial charge is 0.223 e. The van der Waals surface area contributed by atoms with Gasteiger partial charge in [-0.3, -0.25) is 4.79 Å². The van der Waals surface area contributed by atoms with E-state index < -0.39 is 0 Å². The van der Waals surface area contributed by atoms with Crippen molar-refractivity contribution in [2.24, 2.45) is 11.3 Å². The Kier molecular flexibility index (Phi) is 4.05. The lowest BCUT2D eigenvalue weighted by Gasteiger charge is -2.35. The molecule has 1 fully saturated rings. The van der Waals surface area contributed by atoms with Crippen LogP contribution >= 0.6 is 11.6 Å². The van der Waals surface area contributed by atoms with Crippen molar-refractivity contribution in [3.63, 3.8) is 0 Å². The van der Waals surface area contributed by atoms with Gasteiger partial charge in [0.05, 0.1) is 0 Å². The number of carbonyl (C=O) groups is 1. The van der Waals surface area contributed by atoms with Gasteiger partial charge >= 0.3 is 0 Å². The zero-order valence-corrected chi connectivity index (χ0v) is 11.0. The summed E-state index contributed by atoms with van der Waals surface area (Å²) in [5, 5.41) is 0.240. The van der Waals surface area contributed by atoms with Crippen molar-refractivity contribution >= 4 is 17.5 Å². The maximum absolute atomic E-state index is 11.9. The number of halogens is 1. The normalized spacial score (nSPS) is 27.9. The molecule has 1 rings (SSSR count). The fraction of sp³-hybridized carbons (Fsp3) is 0.917. The summed E-state index contributed by atoms with van der Waals surface area (Å²) in [5.41, 5.74) is 0.0815. The van der Waals surface area contributed by atoms with Crippen LogP contribution in [0.15, 0.2) is 0 Å². The quantitative estimate of drug-likeness (QED) is 0.636. The molecule has 1 heterocycles. The lowest BCUT2D eigenvalue weighted by molar-refractivity contribution is -0.134. The molecule has 0 aromatic heterocycles. The van der Waals surface area contributed by atoms with Crippen LogP contribution in [0.4, 0.5) is 0 Å². The van der Waals surface area contributed by atoms with Crippen LogP contribution in [0.2, 0.25) is 0 Å². The Balaban J connectivity index is 2.48. The highest BCUT2D eigenvalue weighted by molar-refractivity contribution is 6.20. The van der Waals surface area contributed by atoms with E-state index in [1.54, 1.807) is 0 Å². The third-order valence-corrected chi connectivity index (χ3v) is 3.48. The molecule has 0 aliphatic carbocycles. The molecule has 3 heteroatoms. The number of nitrogens with zero attached hydrogens (tertiary/aromatic N) is 1. The first-order valence-corrected chi connectivity index (χ1v) is 6.15. The van der Waals surface area contributed by atoms with E-state index in [9.17, 15) is 4.79 Å². The second-order valence-electron chi connectivity index (χ2n) is 5.86. The number of hydrogen-bond acceptors (Lipinski definition) is 1. The topological polar surface area (TPSA) is 20.3 Å². The number of rotatable bonds is 1. The number of carbonyl (C=O) groups excluding carboxylic acids is 1. The zero-order valence-electron chi connectivity index (χ0n) is 10.2. The molecule has 1 amide bonds. The Morgan fingerprint density at radius 3 is 2.53 bits per heavy atom. The van der Waals surface area contributed by atoms with Gasteiger partial charge in [-0.2, -0.15) is 0 Å². The lowest BCUT2D eigenvalue weighted by atomic mass is 9.90. The third kappa shape index (κ3) is 4.02. The highest BCUT2D eigenvalue weighted by Gasteiger charge is 2.28. The van der Waals surface area contributed by atoms with Crippen molar-refractivity contribution in [1.82, 2.24) is 4.90 Å². The van der Waals surface area contributed by atoms with E-state index >= 15 is 0 Å². The number of alkyl halides is 1. The second kappa shape index (κ2) is 4.73. The van der Waals surface area contributed by atoms with Gasteiger partial charge in [-0.1, -0.05) is 27.7 Å². The molecule has 0 N–H and O–H groups in total. The Morgan fingerprint density at radius 2 is 2.07 bits per heavy atom. The summed E-state index contributed by atoms with van der Waals surface area (Å²) in [6.07, 6.45) is 1.56. The van der Waals surface area contributed by atoms with E-state index in [1.165, 1.54) is 0 Å². The second-order valence-corrected chi connectivity index (χ2v) is 6.42. The molecule has 15 heavy (non-hydrogen) atoms. The predicted molar refractivity (Wildman–Crippen MR) is 64.1 cm³/mol. The molecule has 0 spiro atoms. The first-order chi connectivity index (χ1) is 6.79. The van der Waals surface area contributed by atoms with E-state index in [4.69, 9.17) is 11.6 Å². The molecule has 2 unspecified atom stereocenters. The molecule has 88 valence electrons. The molecule has 1 saturated heterocycles. The minimum absolute atomic E-state index is 0.0815. The van der Waals surface area contributed by atoms with Crippen molar-refractivity contribution < 1.29 is 4.79 Å². The summed E-state index contributed by atoms with van der Waals surface area (Å²) in [7, 11) is 0. The van der Waals surface area contributed by atoms with Crippen LogP contribution in [0.1, 0.15) is 40.5 Å². The molecule has 0 saturated carbocycles. The van der Waals surface area contributed by atoms with Gasteiger partial charge in [-0.05, 0) is 17.8 Å². The van der Waals surface area contributed by atoms with Gasteiger partial charge in [0, 0.05) is 24.9 Å². The Hall–Kier alpha value is -0.240. The van der Waals surface area contributed by atoms with Gasteiger partial charge < -0.3 is 4.90 Å². The average Bonchev–Trinajstić information content (AvgIpc) is 2.06. The van der Waals surface area contributed by atoms with E-state index in [2.05, 4.69) is 27.7 Å². The van der Waals surface area contributed by atoms with Crippen molar-refractivity contribution in [2.75, 3.05) is 13.1 Å². The SMILES string of the molecule is CC1CN(C(=O)CC(C)(C)C)CCC1Cl. The summed E-state index contributed by atoms with van der Waals surface area (Å²) in [4.78, 5) is 13.9. The van der Waals surface area contributed by atoms with E-state index in [0.717, 1.165) is 19.5 Å². The highest BCUT2D eigenvalue weighted by atomic mass is 35.5. The largest absolute Gasteiger partial charge is 0.342 e. The maximum Gasteiger partial charge on any atom is 0.223 e. The number of likely N-dealkylation sites (tertiary alicyclic amines) is 1. The zero-order chi connectivity index (χ0) is 11.6. The monoisotopic (exact) mass is 231 g/mol. The standard InChI is InChI=1S/C12H22ClNO/c1-9-8-14(6-5-10(9)13)11(15)7-12(2,3)4/h9-10H,5-8H2,1-4H3. The molecule has 2 nitrogen and oxygen atoms in total. The molecule has 0 bridgehead atoms. The Morgan fingerprint density at radius 1 is 1.47 bits per heavy atom. The first-order valence-electron chi connectivity index (χ1n) is 5.71. The Labute approximate surface area is 98.0 Å². The first kappa shape index (κ1) is 12.8. The summed E-state index contributed by atoms with van der Waals surface area (Å²) < 4.78 is 0. The van der Waals surface area contributed by atoms with Gasteiger partial charge in [0.15, 0.2) is 0 Å². The minimum atomic E-state index is 0.0815. The van der Waals surface area contributed by atoms with Crippen molar-refractivity contribution in [2.45, 2.75) is 45.9 Å². The van der Waals surface area contributed by atoms with Crippen molar-refractivity contribution in [3.05, 3.63) is 0 Å². The summed E-state index contributed by atoms with van der Waals surface area (Å²) in [5.74, 6) is 0.697.